The van der Waals surface area contributed by atoms with Crippen LogP contribution in [0.3, 0.4) is 0 Å². The van der Waals surface area contributed by atoms with E-state index in [1.165, 1.54) is 21.8 Å². The second-order valence-electron chi connectivity index (χ2n) is 5.85. The van der Waals surface area contributed by atoms with Gasteiger partial charge in [0.25, 0.3) is 11.8 Å². The topological polar surface area (TPSA) is 76.7 Å². The van der Waals surface area contributed by atoms with Crippen LogP contribution in [0.5, 0.6) is 11.5 Å². The van der Waals surface area contributed by atoms with Gasteiger partial charge in [-0.05, 0) is 62.9 Å². The molecule has 1 aliphatic rings. The lowest BCUT2D eigenvalue weighted by molar-refractivity contribution is 0.0848. The van der Waals surface area contributed by atoms with Crippen LogP contribution in [0.4, 0.5) is 0 Å². The number of nitrogens with one attached hydrogen (secondary N) is 2. The van der Waals surface area contributed by atoms with Gasteiger partial charge in [0.05, 0.1) is 18.1 Å². The predicted molar refractivity (Wildman–Crippen MR) is 100 cm³/mol. The molecule has 3 rings (SSSR count). The average molecular weight is 374 g/mol. The maximum absolute atomic E-state index is 12.3. The normalized spacial score (nSPS) is 12.4. The Labute approximate surface area is 156 Å². The molecule has 0 bridgehead atoms. The van der Waals surface area contributed by atoms with Crippen LogP contribution in [0.15, 0.2) is 24.3 Å². The number of benzene rings is 1. The van der Waals surface area contributed by atoms with Crippen LogP contribution in [0, 0.1) is 0 Å². The number of hydrogen-bond donors (Lipinski definition) is 2. The zero-order chi connectivity index (χ0) is 18.5. The maximum Gasteiger partial charge on any atom is 0.279 e. The van der Waals surface area contributed by atoms with E-state index in [9.17, 15) is 9.59 Å². The third-order valence-electron chi connectivity index (χ3n) is 4.07. The summed E-state index contributed by atoms with van der Waals surface area (Å²) in [4.78, 5) is 26.5. The Morgan fingerprint density at radius 3 is 2.46 bits per heavy atom. The summed E-state index contributed by atoms with van der Waals surface area (Å²) < 4.78 is 11.0. The largest absolute Gasteiger partial charge is 0.490 e. The molecule has 0 atom stereocenters. The van der Waals surface area contributed by atoms with E-state index in [1.807, 2.05) is 19.9 Å². The van der Waals surface area contributed by atoms with E-state index in [0.29, 0.717) is 35.2 Å². The summed E-state index contributed by atoms with van der Waals surface area (Å²) in [5.74, 6) is 0.381. The van der Waals surface area contributed by atoms with Crippen molar-refractivity contribution in [2.75, 3.05) is 13.2 Å². The van der Waals surface area contributed by atoms with Gasteiger partial charge in [-0.15, -0.1) is 11.3 Å². The highest BCUT2D eigenvalue weighted by Crippen LogP contribution is 2.30. The molecule has 0 radical (unpaired) electrons. The number of carbonyl (C=O) groups is 2. The highest BCUT2D eigenvalue weighted by Gasteiger charge is 2.19. The minimum Gasteiger partial charge on any atom is -0.490 e. The Hall–Kier alpha value is -2.54. The van der Waals surface area contributed by atoms with Crippen molar-refractivity contribution in [3.05, 3.63) is 45.1 Å². The van der Waals surface area contributed by atoms with E-state index in [4.69, 9.17) is 9.47 Å². The molecular weight excluding hydrogens is 352 g/mol. The summed E-state index contributed by atoms with van der Waals surface area (Å²) in [6.45, 7) is 4.71. The molecule has 1 aromatic heterocycles. The molecule has 0 saturated heterocycles. The number of hydrogen-bond acceptors (Lipinski definition) is 5. The summed E-state index contributed by atoms with van der Waals surface area (Å²) in [7, 11) is 0. The van der Waals surface area contributed by atoms with Gasteiger partial charge in [-0.2, -0.15) is 0 Å². The molecule has 1 aliphatic carbocycles. The number of hydrazine groups is 1. The van der Waals surface area contributed by atoms with Crippen molar-refractivity contribution in [2.24, 2.45) is 0 Å². The molecule has 1 aromatic carbocycles. The van der Waals surface area contributed by atoms with E-state index in [2.05, 4.69) is 10.9 Å². The first-order chi connectivity index (χ1) is 12.6. The van der Waals surface area contributed by atoms with E-state index in [1.54, 1.807) is 18.2 Å². The van der Waals surface area contributed by atoms with Crippen LogP contribution in [-0.4, -0.2) is 25.0 Å². The van der Waals surface area contributed by atoms with Crippen LogP contribution in [0.1, 0.15) is 50.7 Å². The Morgan fingerprint density at radius 1 is 1.00 bits per heavy atom. The molecule has 2 amide bonds. The molecule has 26 heavy (non-hydrogen) atoms. The van der Waals surface area contributed by atoms with Crippen molar-refractivity contribution in [3.63, 3.8) is 0 Å². The molecule has 0 fully saturated rings. The van der Waals surface area contributed by atoms with E-state index in [0.717, 1.165) is 19.3 Å². The third-order valence-corrected chi connectivity index (χ3v) is 5.30. The van der Waals surface area contributed by atoms with E-state index >= 15 is 0 Å². The van der Waals surface area contributed by atoms with Gasteiger partial charge in [0.1, 0.15) is 0 Å². The molecule has 1 heterocycles. The van der Waals surface area contributed by atoms with Crippen molar-refractivity contribution < 1.29 is 19.1 Å². The summed E-state index contributed by atoms with van der Waals surface area (Å²) in [6.07, 6.45) is 3.21. The van der Waals surface area contributed by atoms with Gasteiger partial charge in [0, 0.05) is 10.4 Å². The second kappa shape index (κ2) is 8.23. The standard InChI is InChI=1S/C19H22N2O4S/c1-3-24-14-9-8-13(10-15(14)25-4-2)18(22)20-21-19(23)17-11-12-6-5-7-16(12)26-17/h8-11H,3-7H2,1-2H3,(H,20,22)(H,21,23). The molecule has 0 unspecified atom stereocenters. The molecule has 138 valence electrons. The van der Waals surface area contributed by atoms with Crippen LogP contribution < -0.4 is 20.3 Å². The lowest BCUT2D eigenvalue weighted by Crippen LogP contribution is -2.41. The molecule has 0 spiro atoms. The lowest BCUT2D eigenvalue weighted by Gasteiger charge is -2.12. The van der Waals surface area contributed by atoms with Crippen molar-refractivity contribution in [1.82, 2.24) is 10.9 Å². The van der Waals surface area contributed by atoms with Crippen molar-refractivity contribution in [2.45, 2.75) is 33.1 Å². The van der Waals surface area contributed by atoms with Gasteiger partial charge in [-0.1, -0.05) is 0 Å². The zero-order valence-electron chi connectivity index (χ0n) is 14.9. The average Bonchev–Trinajstić information content (AvgIpc) is 3.23. The minimum absolute atomic E-state index is 0.297. The first kappa shape index (κ1) is 18.3. The van der Waals surface area contributed by atoms with Gasteiger partial charge >= 0.3 is 0 Å². The molecule has 2 N–H and O–H groups in total. The summed E-state index contributed by atoms with van der Waals surface area (Å²) >= 11 is 1.49. The first-order valence-electron chi connectivity index (χ1n) is 8.74. The Bertz CT molecular complexity index is 794. The number of rotatable bonds is 6. The number of fused-ring (bicyclic) bond motifs is 1. The fourth-order valence-electron chi connectivity index (χ4n) is 2.88. The lowest BCUT2D eigenvalue weighted by atomic mass is 10.2. The number of carbonyl (C=O) groups excluding carboxylic acids is 2. The van der Waals surface area contributed by atoms with Crippen LogP contribution in [0.25, 0.3) is 0 Å². The quantitative estimate of drug-likeness (QED) is 0.762. The van der Waals surface area contributed by atoms with Gasteiger partial charge < -0.3 is 9.47 Å². The monoisotopic (exact) mass is 374 g/mol. The number of thiophene rings is 1. The van der Waals surface area contributed by atoms with Gasteiger partial charge in [0.2, 0.25) is 0 Å². The maximum atomic E-state index is 12.3. The highest BCUT2D eigenvalue weighted by molar-refractivity contribution is 7.14. The third kappa shape index (κ3) is 3.99. The van der Waals surface area contributed by atoms with Gasteiger partial charge in [-0.25, -0.2) is 0 Å². The van der Waals surface area contributed by atoms with Crippen LogP contribution >= 0.6 is 11.3 Å². The fourth-order valence-corrected chi connectivity index (χ4v) is 4.03. The summed E-state index contributed by atoms with van der Waals surface area (Å²) in [6, 6.07) is 6.85. The number of ether oxygens (including phenoxy) is 2. The van der Waals surface area contributed by atoms with E-state index < -0.39 is 5.91 Å². The van der Waals surface area contributed by atoms with Crippen molar-refractivity contribution in [3.8, 4) is 11.5 Å². The first-order valence-corrected chi connectivity index (χ1v) is 9.56. The molecule has 0 saturated carbocycles. The molecular formula is C19H22N2O4S. The minimum atomic E-state index is -0.411. The number of amides is 2. The Balaban J connectivity index is 1.63. The van der Waals surface area contributed by atoms with Gasteiger partial charge in [0.15, 0.2) is 11.5 Å². The molecule has 2 aromatic rings. The van der Waals surface area contributed by atoms with Crippen LogP contribution in [0.2, 0.25) is 0 Å². The van der Waals surface area contributed by atoms with Crippen molar-refractivity contribution in [1.29, 1.82) is 0 Å². The zero-order valence-corrected chi connectivity index (χ0v) is 15.7. The summed E-state index contributed by atoms with van der Waals surface area (Å²) in [5, 5.41) is 0. The smallest absolute Gasteiger partial charge is 0.279 e. The molecule has 7 heteroatoms. The van der Waals surface area contributed by atoms with Gasteiger partial charge in [-0.3, -0.25) is 20.4 Å². The van der Waals surface area contributed by atoms with E-state index in [-0.39, 0.29) is 5.91 Å². The fraction of sp³-hybridized carbons (Fsp3) is 0.368. The molecule has 6 nitrogen and oxygen atoms in total. The Morgan fingerprint density at radius 2 is 1.73 bits per heavy atom. The summed E-state index contributed by atoms with van der Waals surface area (Å²) in [5.41, 5.74) is 6.56. The predicted octanol–water partition coefficient (Wildman–Crippen LogP) is 3.11. The van der Waals surface area contributed by atoms with Crippen LogP contribution in [-0.2, 0) is 12.8 Å². The highest BCUT2D eigenvalue weighted by atomic mass is 32.1. The Kier molecular flexibility index (Phi) is 5.78. The second-order valence-corrected chi connectivity index (χ2v) is 6.99. The molecule has 0 aliphatic heterocycles. The number of aryl methyl sites for hydroxylation is 2. The van der Waals surface area contributed by atoms with Crippen molar-refractivity contribution >= 4 is 23.2 Å². The SMILES string of the molecule is CCOc1ccc(C(=O)NNC(=O)c2cc3c(s2)CCC3)cc1OCC.